The lowest BCUT2D eigenvalue weighted by Crippen LogP contribution is -2.04. The number of carboxylic acid groups (broad SMARTS) is 1. The lowest BCUT2D eigenvalue weighted by Gasteiger charge is -2.14. The van der Waals surface area contributed by atoms with Crippen LogP contribution in [0.2, 0.25) is 10.0 Å². The van der Waals surface area contributed by atoms with Crippen LogP contribution in [0.25, 0.3) is 11.0 Å². The van der Waals surface area contributed by atoms with E-state index in [4.69, 9.17) is 27.9 Å². The number of halogens is 2. The molecule has 0 radical (unpaired) electrons. The second-order valence-electron chi connectivity index (χ2n) is 5.52. The first kappa shape index (κ1) is 17.4. The summed E-state index contributed by atoms with van der Waals surface area (Å²) in [6.45, 7) is 1.88. The van der Waals surface area contributed by atoms with Crippen molar-refractivity contribution in [2.75, 3.05) is 12.4 Å². The van der Waals surface area contributed by atoms with E-state index in [0.29, 0.717) is 38.5 Å². The van der Waals surface area contributed by atoms with E-state index in [2.05, 4.69) is 10.3 Å². The topological polar surface area (TPSA) is 76.4 Å². The van der Waals surface area contributed by atoms with E-state index in [1.807, 2.05) is 6.92 Å². The van der Waals surface area contributed by atoms with Gasteiger partial charge < -0.3 is 19.7 Å². The Morgan fingerprint density at radius 2 is 2.04 bits per heavy atom. The minimum atomic E-state index is -1.04. The maximum atomic E-state index is 11.5. The minimum Gasteiger partial charge on any atom is -0.495 e. The summed E-state index contributed by atoms with van der Waals surface area (Å²) in [5.74, 6) is -0.0487. The molecule has 0 atom stereocenters. The van der Waals surface area contributed by atoms with Crippen molar-refractivity contribution in [2.45, 2.75) is 6.92 Å². The van der Waals surface area contributed by atoms with Gasteiger partial charge in [-0.25, -0.2) is 9.78 Å². The summed E-state index contributed by atoms with van der Waals surface area (Å²) in [7, 11) is 3.27. The summed E-state index contributed by atoms with van der Waals surface area (Å²) in [5.41, 5.74) is 2.53. The van der Waals surface area contributed by atoms with Crippen LogP contribution in [0.3, 0.4) is 0 Å². The first-order valence-electron chi connectivity index (χ1n) is 7.33. The monoisotopic (exact) mass is 379 g/mol. The number of aryl methyl sites for hydroxylation is 2. The Morgan fingerprint density at radius 1 is 1.32 bits per heavy atom. The van der Waals surface area contributed by atoms with Crippen LogP contribution in [-0.2, 0) is 7.05 Å². The zero-order chi connectivity index (χ0) is 18.3. The van der Waals surface area contributed by atoms with Crippen molar-refractivity contribution in [2.24, 2.45) is 7.05 Å². The molecule has 2 N–H and O–H groups in total. The standard InChI is InChI=1S/C17H15Cl2N3O3/c1-8-6-9(18)7-12(25-3)13(8)20-17-21-14-11(19)5-4-10(16(23)24)15(14)22(17)2/h4-7H,1-3H3,(H,20,21)(H,23,24). The summed E-state index contributed by atoms with van der Waals surface area (Å²) in [6.07, 6.45) is 0. The number of benzene rings is 2. The number of carboxylic acids is 1. The SMILES string of the molecule is COc1cc(Cl)cc(C)c1Nc1nc2c(Cl)ccc(C(=O)O)c2n1C. The van der Waals surface area contributed by atoms with Gasteiger partial charge in [0.25, 0.3) is 0 Å². The smallest absolute Gasteiger partial charge is 0.337 e. The second-order valence-corrected chi connectivity index (χ2v) is 6.36. The Morgan fingerprint density at radius 3 is 2.68 bits per heavy atom. The fraction of sp³-hybridized carbons (Fsp3) is 0.176. The van der Waals surface area contributed by atoms with Crippen LogP contribution in [0.5, 0.6) is 5.75 Å². The van der Waals surface area contributed by atoms with E-state index >= 15 is 0 Å². The maximum Gasteiger partial charge on any atom is 0.337 e. The van der Waals surface area contributed by atoms with Crippen molar-refractivity contribution in [3.8, 4) is 5.75 Å². The van der Waals surface area contributed by atoms with Gasteiger partial charge in [-0.2, -0.15) is 0 Å². The van der Waals surface area contributed by atoms with Crippen LogP contribution in [0.1, 0.15) is 15.9 Å². The molecule has 0 bridgehead atoms. The van der Waals surface area contributed by atoms with E-state index in [9.17, 15) is 9.90 Å². The van der Waals surface area contributed by atoms with E-state index in [1.54, 1.807) is 30.9 Å². The van der Waals surface area contributed by atoms with Gasteiger partial charge in [-0.15, -0.1) is 0 Å². The number of aromatic nitrogens is 2. The number of anilines is 2. The molecular weight excluding hydrogens is 365 g/mol. The molecule has 0 aliphatic rings. The average Bonchev–Trinajstić information content (AvgIpc) is 2.88. The van der Waals surface area contributed by atoms with Crippen molar-refractivity contribution in [3.63, 3.8) is 0 Å². The molecule has 8 heteroatoms. The molecular formula is C17H15Cl2N3O3. The number of hydrogen-bond acceptors (Lipinski definition) is 4. The van der Waals surface area contributed by atoms with Gasteiger partial charge >= 0.3 is 5.97 Å². The third-order valence-corrected chi connectivity index (χ3v) is 4.45. The highest BCUT2D eigenvalue weighted by molar-refractivity contribution is 6.35. The Labute approximate surface area is 153 Å². The summed E-state index contributed by atoms with van der Waals surface area (Å²) >= 11 is 12.3. The van der Waals surface area contributed by atoms with Crippen LogP contribution >= 0.6 is 23.2 Å². The molecule has 0 saturated carbocycles. The first-order valence-corrected chi connectivity index (χ1v) is 8.08. The van der Waals surface area contributed by atoms with Crippen molar-refractivity contribution in [3.05, 3.63) is 45.4 Å². The van der Waals surface area contributed by atoms with E-state index in [1.165, 1.54) is 12.1 Å². The summed E-state index contributed by atoms with van der Waals surface area (Å²) < 4.78 is 7.03. The molecule has 0 spiro atoms. The van der Waals surface area contributed by atoms with Gasteiger partial charge in [0.1, 0.15) is 11.3 Å². The molecule has 2 aromatic carbocycles. The van der Waals surface area contributed by atoms with Gasteiger partial charge in [-0.3, -0.25) is 0 Å². The number of hydrogen-bond donors (Lipinski definition) is 2. The molecule has 25 heavy (non-hydrogen) atoms. The quantitative estimate of drug-likeness (QED) is 0.690. The molecule has 0 saturated heterocycles. The number of ether oxygens (including phenoxy) is 1. The lowest BCUT2D eigenvalue weighted by molar-refractivity contribution is 0.0698. The van der Waals surface area contributed by atoms with E-state index in [0.717, 1.165) is 5.56 Å². The van der Waals surface area contributed by atoms with Crippen molar-refractivity contribution in [1.82, 2.24) is 9.55 Å². The molecule has 1 aromatic heterocycles. The first-order chi connectivity index (χ1) is 11.8. The van der Waals surface area contributed by atoms with Gasteiger partial charge in [-0.1, -0.05) is 23.2 Å². The van der Waals surface area contributed by atoms with E-state index in [-0.39, 0.29) is 5.56 Å². The highest BCUT2D eigenvalue weighted by atomic mass is 35.5. The molecule has 6 nitrogen and oxygen atoms in total. The molecule has 130 valence electrons. The van der Waals surface area contributed by atoms with Gasteiger partial charge in [0.05, 0.1) is 28.9 Å². The molecule has 0 unspecified atom stereocenters. The number of rotatable bonds is 4. The molecule has 3 rings (SSSR count). The third kappa shape index (κ3) is 2.99. The number of fused-ring (bicyclic) bond motifs is 1. The van der Waals surface area contributed by atoms with Gasteiger partial charge in [-0.05, 0) is 30.7 Å². The number of nitrogens with one attached hydrogen (secondary N) is 1. The minimum absolute atomic E-state index is 0.127. The average molecular weight is 380 g/mol. The predicted molar refractivity (Wildman–Crippen MR) is 98.7 cm³/mol. The van der Waals surface area contributed by atoms with Gasteiger partial charge in [0.15, 0.2) is 0 Å². The number of aromatic carboxylic acids is 1. The zero-order valence-electron chi connectivity index (χ0n) is 13.7. The van der Waals surface area contributed by atoms with Crippen LogP contribution < -0.4 is 10.1 Å². The Kier molecular flexibility index (Phi) is 4.49. The Balaban J connectivity index is 2.19. The van der Waals surface area contributed by atoms with Crippen LogP contribution in [0, 0.1) is 6.92 Å². The predicted octanol–water partition coefficient (Wildman–Crippen LogP) is 4.64. The fourth-order valence-electron chi connectivity index (χ4n) is 2.72. The molecule has 1 heterocycles. The molecule has 0 amide bonds. The van der Waals surface area contributed by atoms with Crippen LogP contribution in [0.4, 0.5) is 11.6 Å². The molecule has 0 fully saturated rings. The fourth-order valence-corrected chi connectivity index (χ4v) is 3.17. The van der Waals surface area contributed by atoms with Crippen molar-refractivity contribution < 1.29 is 14.6 Å². The van der Waals surface area contributed by atoms with Gasteiger partial charge in [0.2, 0.25) is 5.95 Å². The van der Waals surface area contributed by atoms with Crippen LogP contribution in [0.15, 0.2) is 24.3 Å². The Hall–Kier alpha value is -2.44. The summed E-state index contributed by atoms with van der Waals surface area (Å²) in [5, 5.41) is 13.5. The van der Waals surface area contributed by atoms with Gasteiger partial charge in [0, 0.05) is 18.1 Å². The second kappa shape index (κ2) is 6.46. The Bertz CT molecular complexity index is 999. The summed E-state index contributed by atoms with van der Waals surface area (Å²) in [6, 6.07) is 6.48. The number of methoxy groups -OCH3 is 1. The maximum absolute atomic E-state index is 11.5. The van der Waals surface area contributed by atoms with E-state index < -0.39 is 5.97 Å². The third-order valence-electron chi connectivity index (χ3n) is 3.92. The highest BCUT2D eigenvalue weighted by Gasteiger charge is 2.19. The molecule has 0 aliphatic carbocycles. The normalized spacial score (nSPS) is 10.9. The summed E-state index contributed by atoms with van der Waals surface area (Å²) in [4.78, 5) is 16.0. The van der Waals surface area contributed by atoms with Crippen molar-refractivity contribution in [1.29, 1.82) is 0 Å². The zero-order valence-corrected chi connectivity index (χ0v) is 15.2. The number of carbonyl (C=O) groups is 1. The number of nitrogens with zero attached hydrogens (tertiary/aromatic N) is 2. The molecule has 3 aromatic rings. The highest BCUT2D eigenvalue weighted by Crippen LogP contribution is 2.36. The van der Waals surface area contributed by atoms with Crippen LogP contribution in [-0.4, -0.2) is 27.7 Å². The van der Waals surface area contributed by atoms with Crippen molar-refractivity contribution >= 4 is 51.8 Å². The largest absolute Gasteiger partial charge is 0.495 e. The number of imidazole rings is 1. The lowest BCUT2D eigenvalue weighted by atomic mass is 10.2. The molecule has 0 aliphatic heterocycles.